The number of benzene rings is 1. The molecular weight excluding hydrogens is 444 g/mol. The fourth-order valence-electron chi connectivity index (χ4n) is 3.43. The van der Waals surface area contributed by atoms with Gasteiger partial charge in [-0.2, -0.15) is 0 Å². The van der Waals surface area contributed by atoms with Crippen molar-refractivity contribution >= 4 is 35.1 Å². The van der Waals surface area contributed by atoms with E-state index in [1.165, 1.54) is 25.2 Å². The van der Waals surface area contributed by atoms with Crippen LogP contribution in [0.25, 0.3) is 0 Å². The number of carbonyl (C=O) groups excluding carboxylic acids is 4. The SMILES string of the molecule is COC(=O)C1=C(Nc2c(NC(=O)Cc3ccncc3)cccc2C(=O)OC)C(=O)N(CCO)C1. The number of amides is 2. The lowest BCUT2D eigenvalue weighted by Gasteiger charge is -2.18. The van der Waals surface area contributed by atoms with Gasteiger partial charge in [0.2, 0.25) is 5.91 Å². The fourth-order valence-corrected chi connectivity index (χ4v) is 3.43. The van der Waals surface area contributed by atoms with E-state index in [4.69, 9.17) is 9.47 Å². The van der Waals surface area contributed by atoms with Gasteiger partial charge in [0.15, 0.2) is 0 Å². The van der Waals surface area contributed by atoms with Crippen molar-refractivity contribution in [2.75, 3.05) is 44.5 Å². The Bertz CT molecular complexity index is 1130. The van der Waals surface area contributed by atoms with Gasteiger partial charge < -0.3 is 30.1 Å². The van der Waals surface area contributed by atoms with Gasteiger partial charge in [-0.05, 0) is 29.8 Å². The molecular formula is C23H24N4O7. The Balaban J connectivity index is 1.99. The molecule has 1 aliphatic rings. The summed E-state index contributed by atoms with van der Waals surface area (Å²) in [7, 11) is 2.38. The first-order valence-corrected chi connectivity index (χ1v) is 10.3. The molecule has 11 nitrogen and oxygen atoms in total. The maximum Gasteiger partial charge on any atom is 0.340 e. The molecule has 0 saturated heterocycles. The van der Waals surface area contributed by atoms with E-state index in [1.54, 1.807) is 36.7 Å². The summed E-state index contributed by atoms with van der Waals surface area (Å²) < 4.78 is 9.64. The third-order valence-corrected chi connectivity index (χ3v) is 5.06. The van der Waals surface area contributed by atoms with Gasteiger partial charge in [-0.3, -0.25) is 14.6 Å². The van der Waals surface area contributed by atoms with Gasteiger partial charge in [-0.25, -0.2) is 9.59 Å². The lowest BCUT2D eigenvalue weighted by molar-refractivity contribution is -0.136. The number of nitrogens with one attached hydrogen (secondary N) is 2. The van der Waals surface area contributed by atoms with Gasteiger partial charge in [-0.15, -0.1) is 0 Å². The summed E-state index contributed by atoms with van der Waals surface area (Å²) >= 11 is 0. The summed E-state index contributed by atoms with van der Waals surface area (Å²) in [6.07, 6.45) is 3.18. The van der Waals surface area contributed by atoms with Crippen LogP contribution >= 0.6 is 0 Å². The molecule has 0 radical (unpaired) electrons. The minimum Gasteiger partial charge on any atom is -0.466 e. The Kier molecular flexibility index (Phi) is 7.93. The van der Waals surface area contributed by atoms with Crippen LogP contribution in [0.1, 0.15) is 15.9 Å². The molecule has 0 spiro atoms. The van der Waals surface area contributed by atoms with Crippen LogP contribution in [0, 0.1) is 0 Å². The average molecular weight is 468 g/mol. The topological polar surface area (TPSA) is 147 Å². The molecule has 0 bridgehead atoms. The number of aliphatic hydroxyl groups is 1. The molecule has 0 aliphatic carbocycles. The van der Waals surface area contributed by atoms with E-state index >= 15 is 0 Å². The highest BCUT2D eigenvalue weighted by atomic mass is 16.5. The van der Waals surface area contributed by atoms with Crippen molar-refractivity contribution in [2.45, 2.75) is 6.42 Å². The largest absolute Gasteiger partial charge is 0.466 e. The molecule has 34 heavy (non-hydrogen) atoms. The molecule has 178 valence electrons. The van der Waals surface area contributed by atoms with Crippen molar-refractivity contribution < 1.29 is 33.8 Å². The average Bonchev–Trinajstić information content (AvgIpc) is 3.15. The highest BCUT2D eigenvalue weighted by Crippen LogP contribution is 2.31. The van der Waals surface area contributed by atoms with Crippen LogP contribution in [0.15, 0.2) is 54.0 Å². The molecule has 2 aromatic rings. The summed E-state index contributed by atoms with van der Waals surface area (Å²) in [6, 6.07) is 7.94. The standard InChI is InChI=1S/C23H24N4O7/c1-33-22(31)15-4-3-5-17(25-18(29)12-14-6-8-24-9-7-14)19(15)26-20-16(23(32)34-2)13-27(10-11-28)21(20)30/h3-9,26,28H,10-13H2,1-2H3,(H,25,29). The van der Waals surface area contributed by atoms with E-state index in [0.29, 0.717) is 0 Å². The first kappa shape index (κ1) is 24.4. The summed E-state index contributed by atoms with van der Waals surface area (Å²) in [6.45, 7) is -0.389. The molecule has 3 N–H and O–H groups in total. The van der Waals surface area contributed by atoms with Gasteiger partial charge in [0.25, 0.3) is 5.91 Å². The molecule has 0 unspecified atom stereocenters. The quantitative estimate of drug-likeness (QED) is 0.453. The number of aromatic nitrogens is 1. The second-order valence-corrected chi connectivity index (χ2v) is 7.22. The summed E-state index contributed by atoms with van der Waals surface area (Å²) in [5.41, 5.74) is 0.942. The minimum absolute atomic E-state index is 0.00131. The Hall–Kier alpha value is -4.25. The van der Waals surface area contributed by atoms with Crippen LogP contribution in [0.3, 0.4) is 0 Å². The number of ether oxygens (including phenoxy) is 2. The van der Waals surface area contributed by atoms with Gasteiger partial charge in [0, 0.05) is 18.9 Å². The van der Waals surface area contributed by atoms with Crippen molar-refractivity contribution in [2.24, 2.45) is 0 Å². The number of nitrogens with zero attached hydrogens (tertiary/aromatic N) is 2. The third-order valence-electron chi connectivity index (χ3n) is 5.06. The number of methoxy groups -OCH3 is 2. The van der Waals surface area contributed by atoms with E-state index in [2.05, 4.69) is 15.6 Å². The van der Waals surface area contributed by atoms with Crippen LogP contribution in [-0.4, -0.2) is 72.7 Å². The number of anilines is 2. The van der Waals surface area contributed by atoms with Crippen LogP contribution in [-0.2, 0) is 30.3 Å². The molecule has 11 heteroatoms. The normalized spacial score (nSPS) is 13.0. The summed E-state index contributed by atoms with van der Waals surface area (Å²) in [4.78, 5) is 55.5. The van der Waals surface area contributed by atoms with Crippen LogP contribution in [0.2, 0.25) is 0 Å². The molecule has 0 atom stereocenters. The smallest absolute Gasteiger partial charge is 0.340 e. The number of para-hydroxylation sites is 1. The first-order valence-electron chi connectivity index (χ1n) is 10.3. The predicted molar refractivity (Wildman–Crippen MR) is 121 cm³/mol. The van der Waals surface area contributed by atoms with E-state index < -0.39 is 17.8 Å². The highest BCUT2D eigenvalue weighted by Gasteiger charge is 2.35. The maximum absolute atomic E-state index is 12.9. The number of carbonyl (C=O) groups is 4. The van der Waals surface area contributed by atoms with Crippen molar-refractivity contribution in [3.63, 3.8) is 0 Å². The molecule has 0 fully saturated rings. The lowest BCUT2D eigenvalue weighted by Crippen LogP contribution is -2.31. The number of aliphatic hydroxyl groups excluding tert-OH is 1. The second kappa shape index (κ2) is 11.1. The number of rotatable bonds is 9. The van der Waals surface area contributed by atoms with Crippen LogP contribution in [0.4, 0.5) is 11.4 Å². The van der Waals surface area contributed by atoms with Gasteiger partial charge in [0.05, 0.1) is 56.3 Å². The molecule has 2 amide bonds. The molecule has 1 aromatic heterocycles. The minimum atomic E-state index is -0.741. The Labute approximate surface area is 195 Å². The fraction of sp³-hybridized carbons (Fsp3) is 0.261. The Morgan fingerprint density at radius 2 is 1.79 bits per heavy atom. The highest BCUT2D eigenvalue weighted by molar-refractivity contribution is 6.11. The lowest BCUT2D eigenvalue weighted by atomic mass is 10.1. The van der Waals surface area contributed by atoms with Crippen molar-refractivity contribution in [1.82, 2.24) is 9.88 Å². The molecule has 2 heterocycles. The number of esters is 2. The third kappa shape index (κ3) is 5.38. The maximum atomic E-state index is 12.9. The first-order chi connectivity index (χ1) is 16.4. The number of hydrogen-bond acceptors (Lipinski definition) is 9. The Morgan fingerprint density at radius 1 is 1.09 bits per heavy atom. The van der Waals surface area contributed by atoms with E-state index in [-0.39, 0.29) is 60.2 Å². The van der Waals surface area contributed by atoms with Crippen molar-refractivity contribution in [3.8, 4) is 0 Å². The van der Waals surface area contributed by atoms with Gasteiger partial charge in [-0.1, -0.05) is 6.07 Å². The Morgan fingerprint density at radius 3 is 2.44 bits per heavy atom. The van der Waals surface area contributed by atoms with Gasteiger partial charge >= 0.3 is 11.9 Å². The zero-order valence-electron chi connectivity index (χ0n) is 18.7. The number of pyridine rings is 1. The summed E-state index contributed by atoms with van der Waals surface area (Å²) in [5.74, 6) is -2.40. The molecule has 0 saturated carbocycles. The number of β-amino-alcohol motifs (C(OH)–C–C–N with tert-alkyl or cyclic N) is 1. The monoisotopic (exact) mass is 468 g/mol. The van der Waals surface area contributed by atoms with Gasteiger partial charge in [0.1, 0.15) is 5.70 Å². The van der Waals surface area contributed by atoms with E-state index in [9.17, 15) is 24.3 Å². The van der Waals surface area contributed by atoms with Crippen LogP contribution in [0.5, 0.6) is 0 Å². The predicted octanol–water partition coefficient (Wildman–Crippen LogP) is 0.723. The number of hydrogen-bond donors (Lipinski definition) is 3. The zero-order chi connectivity index (χ0) is 24.7. The van der Waals surface area contributed by atoms with Crippen molar-refractivity contribution in [1.29, 1.82) is 0 Å². The molecule has 3 rings (SSSR count). The summed E-state index contributed by atoms with van der Waals surface area (Å²) in [5, 5.41) is 14.8. The van der Waals surface area contributed by atoms with E-state index in [1.807, 2.05) is 0 Å². The van der Waals surface area contributed by atoms with E-state index in [0.717, 1.165) is 5.56 Å². The second-order valence-electron chi connectivity index (χ2n) is 7.22. The van der Waals surface area contributed by atoms with Crippen molar-refractivity contribution in [3.05, 3.63) is 65.1 Å². The molecule has 1 aromatic carbocycles. The zero-order valence-corrected chi connectivity index (χ0v) is 18.7. The van der Waals surface area contributed by atoms with Crippen LogP contribution < -0.4 is 10.6 Å². The molecule has 1 aliphatic heterocycles.